The zero-order chi connectivity index (χ0) is 74.6. The van der Waals surface area contributed by atoms with Crippen LogP contribution in [0.1, 0.15) is 258 Å². The van der Waals surface area contributed by atoms with Gasteiger partial charge in [-0.3, -0.25) is 4.79 Å². The molecular weight excluding hydrogens is 1310 g/mol. The first-order chi connectivity index (χ1) is 50.3. The van der Waals surface area contributed by atoms with Crippen molar-refractivity contribution in [3.8, 4) is 0 Å². The van der Waals surface area contributed by atoms with Crippen LogP contribution in [0.25, 0.3) is 0 Å². The van der Waals surface area contributed by atoms with Crippen LogP contribution in [0.5, 0.6) is 0 Å². The molecule has 3 fully saturated rings. The molecule has 3 aliphatic rings. The van der Waals surface area contributed by atoms with Crippen molar-refractivity contribution in [3.05, 3.63) is 134 Å². The van der Waals surface area contributed by atoms with Crippen LogP contribution in [-0.2, 0) is 33.2 Å². The Bertz CT molecular complexity index is 2380. The minimum Gasteiger partial charge on any atom is -0.394 e. The minimum absolute atomic E-state index is 0.186. The van der Waals surface area contributed by atoms with Crippen molar-refractivity contribution in [1.29, 1.82) is 0 Å². The van der Waals surface area contributed by atoms with E-state index in [1.165, 1.54) is 128 Å². The van der Waals surface area contributed by atoms with E-state index in [2.05, 4.69) is 141 Å². The number of hydrogen-bond acceptors (Lipinski definition) is 18. The van der Waals surface area contributed by atoms with E-state index in [0.29, 0.717) is 12.8 Å². The number of nitrogens with one attached hydrogen (secondary N) is 1. The first-order valence-corrected chi connectivity index (χ1v) is 39.9. The van der Waals surface area contributed by atoms with Crippen LogP contribution >= 0.6 is 0 Å². The van der Waals surface area contributed by atoms with Crippen LogP contribution < -0.4 is 5.32 Å². The zero-order valence-electron chi connectivity index (χ0n) is 63.0. The van der Waals surface area contributed by atoms with Gasteiger partial charge < -0.3 is 89.9 Å². The highest BCUT2D eigenvalue weighted by atomic mass is 16.8. The number of hydrogen-bond donors (Lipinski definition) is 12. The number of aliphatic hydroxyl groups excluding tert-OH is 11. The lowest BCUT2D eigenvalue weighted by molar-refractivity contribution is -0.379. The molecule has 0 aromatic carbocycles. The Morgan fingerprint density at radius 1 is 0.359 bits per heavy atom. The van der Waals surface area contributed by atoms with Crippen LogP contribution in [0.3, 0.4) is 0 Å². The summed E-state index contributed by atoms with van der Waals surface area (Å²) in [5.41, 5.74) is 0. The first-order valence-electron chi connectivity index (χ1n) is 39.9. The summed E-state index contributed by atoms with van der Waals surface area (Å²) in [7, 11) is 0. The smallest absolute Gasteiger partial charge is 0.220 e. The molecule has 0 bridgehead atoms. The predicted octanol–water partition coefficient (Wildman–Crippen LogP) is 13.3. The molecule has 3 saturated heterocycles. The van der Waals surface area contributed by atoms with E-state index in [-0.39, 0.29) is 18.9 Å². The van der Waals surface area contributed by atoms with Crippen LogP contribution in [0.2, 0.25) is 0 Å². The summed E-state index contributed by atoms with van der Waals surface area (Å²) in [5.74, 6) is -0.321. The maximum atomic E-state index is 13.5. The van der Waals surface area contributed by atoms with Crippen LogP contribution in [0, 0.1) is 0 Å². The Morgan fingerprint density at radius 2 is 0.680 bits per heavy atom. The van der Waals surface area contributed by atoms with E-state index in [1.807, 2.05) is 6.08 Å². The van der Waals surface area contributed by atoms with Crippen LogP contribution in [-0.4, -0.2) is 193 Å². The molecule has 3 heterocycles. The normalized spacial score (nSPS) is 26.8. The summed E-state index contributed by atoms with van der Waals surface area (Å²) >= 11 is 0. The molecule has 19 nitrogen and oxygen atoms in total. The average Bonchev–Trinajstić information content (AvgIpc) is 0.781. The monoisotopic (exact) mass is 1450 g/mol. The Hall–Kier alpha value is -4.07. The summed E-state index contributed by atoms with van der Waals surface area (Å²) in [5, 5.41) is 121. The van der Waals surface area contributed by atoms with Gasteiger partial charge in [-0.2, -0.15) is 0 Å². The van der Waals surface area contributed by atoms with Crippen molar-refractivity contribution in [2.75, 3.05) is 26.4 Å². The standard InChI is InChI=1S/C84H141NO18/c1-3-5-7-9-11-13-15-17-19-21-23-25-27-29-31-32-33-34-36-38-40-42-44-46-48-50-52-54-56-58-60-62-72(90)85-67(68(89)61-59-57-55-53-51-49-47-45-43-41-39-37-35-30-28-26-24-22-20-18-16-14-12-10-8-6-4-2)66-98-82-78(96)75(93)80(70(64-87)100-82)103-84-79(97)76(94)81(71(65-88)101-84)102-83-77(95)74(92)73(91)69(63-86)99-83/h5,7,11,13,17,19,23,25,29,31,33-34,38,40,44,46,50-53,59,61,67-71,73-84,86-89,91-97H,3-4,6,8-10,12,14-16,18,20-22,24,26-28,30,32,35-37,39,41-43,45,47-49,54-58,60,62-66H2,1-2H3,(H,85,90)/b7-5-,13-11-,19-17-,25-23-,31-29-,34-33-,40-38-,46-44-,52-50-,53-51+,61-59+. The van der Waals surface area contributed by atoms with Crippen molar-refractivity contribution < 1.29 is 89.4 Å². The van der Waals surface area contributed by atoms with Crippen molar-refractivity contribution in [2.24, 2.45) is 0 Å². The van der Waals surface area contributed by atoms with Gasteiger partial charge in [-0.05, 0) is 103 Å². The van der Waals surface area contributed by atoms with Gasteiger partial charge in [0.2, 0.25) is 5.91 Å². The number of ether oxygens (including phenoxy) is 6. The molecule has 12 N–H and O–H groups in total. The van der Waals surface area contributed by atoms with Crippen molar-refractivity contribution in [3.63, 3.8) is 0 Å². The second-order valence-corrected chi connectivity index (χ2v) is 27.8. The third-order valence-electron chi connectivity index (χ3n) is 18.9. The molecule has 590 valence electrons. The number of carbonyl (C=O) groups is 1. The lowest BCUT2D eigenvalue weighted by atomic mass is 9.96. The number of unbranched alkanes of at least 4 members (excludes halogenated alkanes) is 25. The van der Waals surface area contributed by atoms with Gasteiger partial charge in [0.25, 0.3) is 0 Å². The van der Waals surface area contributed by atoms with E-state index in [4.69, 9.17) is 28.4 Å². The highest BCUT2D eigenvalue weighted by molar-refractivity contribution is 5.76. The molecule has 3 aliphatic heterocycles. The highest BCUT2D eigenvalue weighted by Crippen LogP contribution is 2.33. The topological polar surface area (TPSA) is 307 Å². The Kier molecular flexibility index (Phi) is 56.9. The zero-order valence-corrected chi connectivity index (χ0v) is 63.0. The van der Waals surface area contributed by atoms with Gasteiger partial charge in [-0.1, -0.05) is 282 Å². The van der Waals surface area contributed by atoms with E-state index in [9.17, 15) is 61.0 Å². The van der Waals surface area contributed by atoms with E-state index in [0.717, 1.165) is 96.3 Å². The van der Waals surface area contributed by atoms with E-state index in [1.54, 1.807) is 6.08 Å². The summed E-state index contributed by atoms with van der Waals surface area (Å²) in [6.07, 6.45) is 62.9. The average molecular weight is 1450 g/mol. The number of aliphatic hydroxyl groups is 11. The second kappa shape index (κ2) is 62.9. The largest absolute Gasteiger partial charge is 0.394 e. The van der Waals surface area contributed by atoms with Crippen molar-refractivity contribution in [2.45, 2.75) is 362 Å². The van der Waals surface area contributed by atoms with Gasteiger partial charge in [0.1, 0.15) is 73.2 Å². The van der Waals surface area contributed by atoms with Gasteiger partial charge in [0.05, 0.1) is 38.6 Å². The predicted molar refractivity (Wildman–Crippen MR) is 410 cm³/mol. The molecule has 0 spiro atoms. The van der Waals surface area contributed by atoms with Crippen LogP contribution in [0.4, 0.5) is 0 Å². The highest BCUT2D eigenvalue weighted by Gasteiger charge is 2.53. The quantitative estimate of drug-likeness (QED) is 0.0199. The molecule has 0 radical (unpaired) electrons. The third kappa shape index (κ3) is 42.9. The molecule has 3 rings (SSSR count). The molecule has 0 saturated carbocycles. The van der Waals surface area contributed by atoms with Crippen molar-refractivity contribution >= 4 is 5.91 Å². The second-order valence-electron chi connectivity index (χ2n) is 27.8. The molecule has 1 amide bonds. The number of carbonyl (C=O) groups excluding carboxylic acids is 1. The molecule has 0 aromatic heterocycles. The maximum absolute atomic E-state index is 13.5. The SMILES string of the molecule is CC/C=C\C/C=C\C/C=C\C/C=C\C/C=C\C/C=C\C/C=C\C/C=C\C/C=C\CCCCCC(=O)NC(COC1OC(CO)C(OC2OC(CO)C(OC3OC(CO)C(O)C(O)C3O)C(O)C2O)C(O)C1O)C(O)/C=C/CC/C=C/CCCCCCCCCCCCCCCCCCCCCCC. The summed E-state index contributed by atoms with van der Waals surface area (Å²) in [4.78, 5) is 13.5. The Morgan fingerprint density at radius 3 is 1.09 bits per heavy atom. The van der Waals surface area contributed by atoms with E-state index < -0.39 is 124 Å². The fraction of sp³-hybridized carbons (Fsp3) is 0.726. The lowest BCUT2D eigenvalue weighted by Gasteiger charge is -2.48. The van der Waals surface area contributed by atoms with Gasteiger partial charge in [-0.15, -0.1) is 0 Å². The molecular formula is C84H141NO18. The first kappa shape index (κ1) is 93.1. The molecule has 0 aliphatic carbocycles. The number of rotatable bonds is 61. The Balaban J connectivity index is 1.42. The van der Waals surface area contributed by atoms with Crippen LogP contribution in [0.15, 0.2) is 134 Å². The minimum atomic E-state index is -1.99. The molecule has 0 aromatic rings. The maximum Gasteiger partial charge on any atom is 0.220 e. The Labute approximate surface area is 620 Å². The summed E-state index contributed by atoms with van der Waals surface area (Å²) < 4.78 is 34.4. The van der Waals surface area contributed by atoms with Gasteiger partial charge >= 0.3 is 0 Å². The lowest BCUT2D eigenvalue weighted by Crippen LogP contribution is -2.66. The molecule has 19 heteroatoms. The summed E-state index contributed by atoms with van der Waals surface area (Å²) in [6.45, 7) is 1.58. The van der Waals surface area contributed by atoms with E-state index >= 15 is 0 Å². The van der Waals surface area contributed by atoms with Crippen molar-refractivity contribution in [1.82, 2.24) is 5.32 Å². The fourth-order valence-corrected chi connectivity index (χ4v) is 12.6. The summed E-state index contributed by atoms with van der Waals surface area (Å²) in [6, 6.07) is -1.02. The van der Waals surface area contributed by atoms with Gasteiger partial charge in [0, 0.05) is 6.42 Å². The number of allylic oxidation sites excluding steroid dienone is 21. The molecule has 17 atom stereocenters. The molecule has 103 heavy (non-hydrogen) atoms. The fourth-order valence-electron chi connectivity index (χ4n) is 12.6. The number of amides is 1. The van der Waals surface area contributed by atoms with Gasteiger partial charge in [-0.25, -0.2) is 0 Å². The van der Waals surface area contributed by atoms with Gasteiger partial charge in [0.15, 0.2) is 18.9 Å². The third-order valence-corrected chi connectivity index (χ3v) is 18.9. The molecule has 17 unspecified atom stereocenters.